The van der Waals surface area contributed by atoms with Crippen LogP contribution >= 0.6 is 0 Å². The molecule has 0 spiro atoms. The second-order valence-corrected chi connectivity index (χ2v) is 1.05. The van der Waals surface area contributed by atoms with Crippen molar-refractivity contribution in [2.24, 2.45) is 5.16 Å². The van der Waals surface area contributed by atoms with Crippen LogP contribution in [-0.4, -0.2) is 10.9 Å². The van der Waals surface area contributed by atoms with Gasteiger partial charge in [0.05, 0.1) is 5.71 Å². The minimum absolute atomic E-state index is 0. The summed E-state index contributed by atoms with van der Waals surface area (Å²) in [5.41, 5.74) is 0.685. The molecule has 0 aromatic heterocycles. The fraction of sp³-hybridized carbons (Fsp3) is 0.667. The second-order valence-electron chi connectivity index (χ2n) is 1.05. The number of hydrogen-bond donors (Lipinski definition) is 1. The van der Waals surface area contributed by atoms with Crippen molar-refractivity contribution >= 4 is 5.71 Å². The normalized spacial score (nSPS) is 5.67. The van der Waals surface area contributed by atoms with E-state index in [1.807, 2.05) is 0 Å². The van der Waals surface area contributed by atoms with Gasteiger partial charge in [-0.25, -0.2) is 0 Å². The first-order chi connectivity index (χ1) is 2.27. The van der Waals surface area contributed by atoms with E-state index in [1.54, 1.807) is 13.8 Å². The summed E-state index contributed by atoms with van der Waals surface area (Å²) in [4.78, 5) is 0. The molecule has 0 aliphatic carbocycles. The van der Waals surface area contributed by atoms with Crippen molar-refractivity contribution in [2.45, 2.75) is 13.8 Å². The Morgan fingerprint density at radius 2 is 1.67 bits per heavy atom. The van der Waals surface area contributed by atoms with E-state index >= 15 is 0 Å². The summed E-state index contributed by atoms with van der Waals surface area (Å²) in [6.07, 6.45) is 0. The van der Waals surface area contributed by atoms with Gasteiger partial charge >= 0.3 is 0 Å². The fourth-order valence-corrected chi connectivity index (χ4v) is 0. The quantitative estimate of drug-likeness (QED) is 0.319. The molecule has 0 aliphatic heterocycles. The molecule has 0 aliphatic rings. The number of hydrogen-bond acceptors (Lipinski definition) is 2. The van der Waals surface area contributed by atoms with Crippen molar-refractivity contribution in [3.05, 3.63) is 0 Å². The summed E-state index contributed by atoms with van der Waals surface area (Å²) < 4.78 is 0. The van der Waals surface area contributed by atoms with Crippen LogP contribution in [0.4, 0.5) is 0 Å². The predicted molar refractivity (Wildman–Crippen MR) is 20.6 cm³/mol. The summed E-state index contributed by atoms with van der Waals surface area (Å²) in [7, 11) is 0. The molecule has 1 N–H and O–H groups in total. The standard InChI is InChI=1S/C3H7NO.Y/c1-3(2)4-5;/h5H,1-2H3;. The zero-order valence-corrected chi connectivity index (χ0v) is 6.81. The van der Waals surface area contributed by atoms with Crippen LogP contribution in [0.15, 0.2) is 5.16 Å². The van der Waals surface area contributed by atoms with E-state index in [9.17, 15) is 0 Å². The van der Waals surface area contributed by atoms with Crippen LogP contribution in [0.3, 0.4) is 0 Å². The SMILES string of the molecule is CC(C)=NO.[Y]. The average molecular weight is 162 g/mol. The minimum atomic E-state index is 0. The van der Waals surface area contributed by atoms with Gasteiger partial charge in [0.2, 0.25) is 0 Å². The Balaban J connectivity index is 0. The molecule has 0 saturated heterocycles. The van der Waals surface area contributed by atoms with E-state index in [0.717, 1.165) is 0 Å². The maximum absolute atomic E-state index is 7.73. The van der Waals surface area contributed by atoms with E-state index < -0.39 is 0 Å². The molecule has 0 amide bonds. The third kappa shape index (κ3) is 8.82. The van der Waals surface area contributed by atoms with Crippen molar-refractivity contribution in [1.29, 1.82) is 0 Å². The molecular formula is C3H7NOY. The molecule has 0 fully saturated rings. The van der Waals surface area contributed by atoms with Gasteiger partial charge in [-0.3, -0.25) is 0 Å². The molecule has 0 bridgehead atoms. The van der Waals surface area contributed by atoms with Gasteiger partial charge < -0.3 is 5.21 Å². The number of nitrogens with zero attached hydrogens (tertiary/aromatic N) is 1. The van der Waals surface area contributed by atoms with Crippen LogP contribution in [0.1, 0.15) is 13.8 Å². The van der Waals surface area contributed by atoms with Gasteiger partial charge in [-0.05, 0) is 13.8 Å². The Kier molecular flexibility index (Phi) is 9.07. The van der Waals surface area contributed by atoms with Crippen molar-refractivity contribution in [3.63, 3.8) is 0 Å². The predicted octanol–water partition coefficient (Wildman–Crippen LogP) is 0.854. The molecule has 33 valence electrons. The second kappa shape index (κ2) is 5.57. The molecule has 1 radical (unpaired) electrons. The van der Waals surface area contributed by atoms with Crippen molar-refractivity contribution < 1.29 is 37.9 Å². The Hall–Kier alpha value is 0.574. The average Bonchev–Trinajstić information content (AvgIpc) is 1.38. The van der Waals surface area contributed by atoms with Crippen LogP contribution < -0.4 is 0 Å². The van der Waals surface area contributed by atoms with Crippen LogP contribution in [0, 0.1) is 0 Å². The van der Waals surface area contributed by atoms with E-state index in [-0.39, 0.29) is 32.7 Å². The number of rotatable bonds is 0. The first-order valence-electron chi connectivity index (χ1n) is 1.42. The third-order valence-corrected chi connectivity index (χ3v) is 0.200. The summed E-state index contributed by atoms with van der Waals surface area (Å²) in [6.45, 7) is 3.44. The van der Waals surface area contributed by atoms with E-state index in [4.69, 9.17) is 5.21 Å². The Bertz CT molecular complexity index is 48.8. The van der Waals surface area contributed by atoms with E-state index in [1.165, 1.54) is 0 Å². The first-order valence-corrected chi connectivity index (χ1v) is 1.42. The third-order valence-electron chi connectivity index (χ3n) is 0.200. The molecule has 2 nitrogen and oxygen atoms in total. The number of oxime groups is 1. The van der Waals surface area contributed by atoms with Crippen molar-refractivity contribution in [3.8, 4) is 0 Å². The van der Waals surface area contributed by atoms with Gasteiger partial charge in [0.1, 0.15) is 0 Å². The first kappa shape index (κ1) is 9.76. The molecule has 3 heteroatoms. The summed E-state index contributed by atoms with van der Waals surface area (Å²) in [6, 6.07) is 0. The molecule has 0 saturated carbocycles. The molecule has 6 heavy (non-hydrogen) atoms. The smallest absolute Gasteiger partial charge is 0.0509 e. The minimum Gasteiger partial charge on any atom is -0.411 e. The Morgan fingerprint density at radius 1 is 1.50 bits per heavy atom. The van der Waals surface area contributed by atoms with Gasteiger partial charge in [-0.2, -0.15) is 0 Å². The summed E-state index contributed by atoms with van der Waals surface area (Å²) in [5, 5.41) is 10.5. The van der Waals surface area contributed by atoms with Gasteiger partial charge in [-0.1, -0.05) is 5.16 Å². The summed E-state index contributed by atoms with van der Waals surface area (Å²) >= 11 is 0. The van der Waals surface area contributed by atoms with Crippen LogP contribution in [0.2, 0.25) is 0 Å². The largest absolute Gasteiger partial charge is 0.411 e. The molecular weight excluding hydrogens is 155 g/mol. The van der Waals surface area contributed by atoms with Gasteiger partial charge in [-0.15, -0.1) is 0 Å². The van der Waals surface area contributed by atoms with Gasteiger partial charge in [0, 0.05) is 32.7 Å². The Morgan fingerprint density at radius 3 is 1.67 bits per heavy atom. The zero-order valence-electron chi connectivity index (χ0n) is 3.97. The molecule has 0 aromatic rings. The van der Waals surface area contributed by atoms with Gasteiger partial charge in [0.15, 0.2) is 0 Å². The fourth-order valence-electron chi connectivity index (χ4n) is 0. The van der Waals surface area contributed by atoms with Crippen LogP contribution in [0.25, 0.3) is 0 Å². The molecule has 0 atom stereocenters. The van der Waals surface area contributed by atoms with Crippen molar-refractivity contribution in [1.82, 2.24) is 0 Å². The molecule has 0 aromatic carbocycles. The van der Waals surface area contributed by atoms with E-state index in [0.29, 0.717) is 5.71 Å². The monoisotopic (exact) mass is 162 g/mol. The molecule has 0 unspecified atom stereocenters. The summed E-state index contributed by atoms with van der Waals surface area (Å²) in [5.74, 6) is 0. The molecule has 0 heterocycles. The topological polar surface area (TPSA) is 32.6 Å². The van der Waals surface area contributed by atoms with Crippen molar-refractivity contribution in [2.75, 3.05) is 0 Å². The van der Waals surface area contributed by atoms with Crippen LogP contribution in [0.5, 0.6) is 0 Å². The van der Waals surface area contributed by atoms with E-state index in [2.05, 4.69) is 5.16 Å². The maximum Gasteiger partial charge on any atom is 0.0509 e. The van der Waals surface area contributed by atoms with Crippen LogP contribution in [-0.2, 0) is 32.7 Å². The Labute approximate surface area is 62.5 Å². The zero-order chi connectivity index (χ0) is 4.28. The van der Waals surface area contributed by atoms with Gasteiger partial charge in [0.25, 0.3) is 0 Å². The maximum atomic E-state index is 7.73. The molecule has 0 rings (SSSR count).